The average molecular weight is 393 g/mol. The molecule has 6 nitrogen and oxygen atoms in total. The number of ether oxygens (including phenoxy) is 2. The van der Waals surface area contributed by atoms with E-state index in [-0.39, 0.29) is 18.4 Å². The molecule has 29 heavy (non-hydrogen) atoms. The van der Waals surface area contributed by atoms with Gasteiger partial charge >= 0.3 is 5.97 Å². The first-order chi connectivity index (χ1) is 14.0. The molecule has 0 spiro atoms. The van der Waals surface area contributed by atoms with Gasteiger partial charge in [-0.2, -0.15) is 0 Å². The maximum Gasteiger partial charge on any atom is 0.311 e. The maximum atomic E-state index is 13.0. The summed E-state index contributed by atoms with van der Waals surface area (Å²) in [6, 6.07) is 13.3. The number of methoxy groups -OCH3 is 1. The molecule has 0 saturated carbocycles. The molecule has 0 radical (unpaired) electrons. The summed E-state index contributed by atoms with van der Waals surface area (Å²) in [4.78, 5) is 27.2. The number of para-hydroxylation sites is 1. The van der Waals surface area contributed by atoms with Crippen molar-refractivity contribution in [1.29, 1.82) is 0 Å². The predicted octanol–water partition coefficient (Wildman–Crippen LogP) is 3.89. The number of carbonyl (C=O) groups is 2. The SMILES string of the molecule is COc1ccc2c(CC(=O)O[C@@H](C)C(=O)N3c4ccccc4C[C@H]3C)coc2c1. The minimum absolute atomic E-state index is 0.0308. The number of nitrogens with zero attached hydrogens (tertiary/aromatic N) is 1. The van der Waals surface area contributed by atoms with Crippen LogP contribution in [0, 0.1) is 0 Å². The van der Waals surface area contributed by atoms with E-state index in [1.54, 1.807) is 25.0 Å². The quantitative estimate of drug-likeness (QED) is 0.615. The Morgan fingerprint density at radius 3 is 2.83 bits per heavy atom. The van der Waals surface area contributed by atoms with Crippen LogP contribution in [0.15, 0.2) is 53.1 Å². The topological polar surface area (TPSA) is 69.0 Å². The van der Waals surface area contributed by atoms with Crippen LogP contribution in [0.3, 0.4) is 0 Å². The Morgan fingerprint density at radius 2 is 2.03 bits per heavy atom. The predicted molar refractivity (Wildman–Crippen MR) is 109 cm³/mol. The molecule has 1 aliphatic rings. The summed E-state index contributed by atoms with van der Waals surface area (Å²) in [5.74, 6) is 0.00213. The molecular formula is C23H23NO5. The van der Waals surface area contributed by atoms with E-state index in [2.05, 4.69) is 0 Å². The van der Waals surface area contributed by atoms with Crippen molar-refractivity contribution in [3.8, 4) is 5.75 Å². The van der Waals surface area contributed by atoms with Gasteiger partial charge in [-0.15, -0.1) is 0 Å². The van der Waals surface area contributed by atoms with Gasteiger partial charge in [0.25, 0.3) is 5.91 Å². The van der Waals surface area contributed by atoms with Crippen molar-refractivity contribution >= 4 is 28.5 Å². The van der Waals surface area contributed by atoms with Gasteiger partial charge in [-0.1, -0.05) is 18.2 Å². The highest BCUT2D eigenvalue weighted by atomic mass is 16.5. The Balaban J connectivity index is 1.44. The number of furan rings is 1. The molecule has 0 saturated heterocycles. The van der Waals surface area contributed by atoms with Crippen LogP contribution in [0.2, 0.25) is 0 Å². The van der Waals surface area contributed by atoms with E-state index in [4.69, 9.17) is 13.9 Å². The number of rotatable bonds is 5. The molecule has 6 heteroatoms. The summed E-state index contributed by atoms with van der Waals surface area (Å²) in [5.41, 5.74) is 3.38. The van der Waals surface area contributed by atoms with Crippen molar-refractivity contribution in [2.75, 3.05) is 12.0 Å². The molecule has 2 atom stereocenters. The normalized spacial score (nSPS) is 16.5. The van der Waals surface area contributed by atoms with Crippen molar-refractivity contribution < 1.29 is 23.5 Å². The molecule has 1 aromatic heterocycles. The molecular weight excluding hydrogens is 370 g/mol. The number of esters is 1. The zero-order chi connectivity index (χ0) is 20.5. The largest absolute Gasteiger partial charge is 0.497 e. The Morgan fingerprint density at radius 1 is 1.24 bits per heavy atom. The third-order valence-electron chi connectivity index (χ3n) is 5.30. The van der Waals surface area contributed by atoms with Gasteiger partial charge < -0.3 is 18.8 Å². The summed E-state index contributed by atoms with van der Waals surface area (Å²) in [5, 5.41) is 0.823. The fourth-order valence-electron chi connectivity index (χ4n) is 3.87. The molecule has 0 bridgehead atoms. The molecule has 1 aliphatic heterocycles. The van der Waals surface area contributed by atoms with Crippen LogP contribution >= 0.6 is 0 Å². The van der Waals surface area contributed by atoms with Crippen LogP contribution < -0.4 is 9.64 Å². The van der Waals surface area contributed by atoms with Crippen LogP contribution in [0.25, 0.3) is 11.0 Å². The Labute approximate surface area is 169 Å². The van der Waals surface area contributed by atoms with Crippen LogP contribution in [0.1, 0.15) is 25.0 Å². The summed E-state index contributed by atoms with van der Waals surface area (Å²) >= 11 is 0. The van der Waals surface area contributed by atoms with Gasteiger partial charge in [-0.25, -0.2) is 0 Å². The Bertz CT molecular complexity index is 1070. The highest BCUT2D eigenvalue weighted by Crippen LogP contribution is 2.32. The highest BCUT2D eigenvalue weighted by molar-refractivity contribution is 6.00. The second-order valence-corrected chi connectivity index (χ2v) is 7.32. The van der Waals surface area contributed by atoms with Crippen LogP contribution in [-0.4, -0.2) is 31.1 Å². The van der Waals surface area contributed by atoms with Gasteiger partial charge in [0.1, 0.15) is 11.3 Å². The number of anilines is 1. The van der Waals surface area contributed by atoms with Crippen LogP contribution in [-0.2, 0) is 27.2 Å². The van der Waals surface area contributed by atoms with E-state index in [0.29, 0.717) is 16.9 Å². The number of carbonyl (C=O) groups excluding carboxylic acids is 2. The van der Waals surface area contributed by atoms with Gasteiger partial charge in [0.2, 0.25) is 0 Å². The lowest BCUT2D eigenvalue weighted by molar-refractivity contribution is -0.153. The first-order valence-corrected chi connectivity index (χ1v) is 9.62. The summed E-state index contributed by atoms with van der Waals surface area (Å²) in [6.07, 6.45) is 1.50. The minimum atomic E-state index is -0.866. The van der Waals surface area contributed by atoms with E-state index < -0.39 is 12.1 Å². The van der Waals surface area contributed by atoms with Crippen molar-refractivity contribution in [3.63, 3.8) is 0 Å². The van der Waals surface area contributed by atoms with Gasteiger partial charge in [0, 0.05) is 28.7 Å². The fraction of sp³-hybridized carbons (Fsp3) is 0.304. The van der Waals surface area contributed by atoms with Crippen LogP contribution in [0.5, 0.6) is 5.75 Å². The monoisotopic (exact) mass is 393 g/mol. The van der Waals surface area contributed by atoms with E-state index in [1.165, 1.54) is 6.26 Å². The molecule has 0 N–H and O–H groups in total. The van der Waals surface area contributed by atoms with E-state index in [1.807, 2.05) is 43.3 Å². The number of benzene rings is 2. The molecule has 3 aromatic rings. The fourth-order valence-corrected chi connectivity index (χ4v) is 3.87. The molecule has 0 fully saturated rings. The first-order valence-electron chi connectivity index (χ1n) is 9.62. The molecule has 2 aromatic carbocycles. The smallest absolute Gasteiger partial charge is 0.311 e. The van der Waals surface area contributed by atoms with Gasteiger partial charge in [-0.3, -0.25) is 9.59 Å². The Hall–Kier alpha value is -3.28. The number of hydrogen-bond acceptors (Lipinski definition) is 5. The average Bonchev–Trinajstić information content (AvgIpc) is 3.26. The summed E-state index contributed by atoms with van der Waals surface area (Å²) in [7, 11) is 1.58. The zero-order valence-electron chi connectivity index (χ0n) is 16.7. The second kappa shape index (κ2) is 7.62. The molecule has 1 amide bonds. The van der Waals surface area contributed by atoms with Gasteiger partial charge in [-0.05, 0) is 44.0 Å². The third-order valence-corrected chi connectivity index (χ3v) is 5.30. The summed E-state index contributed by atoms with van der Waals surface area (Å²) < 4.78 is 16.2. The highest BCUT2D eigenvalue weighted by Gasteiger charge is 2.34. The molecule has 4 rings (SSSR count). The van der Waals surface area contributed by atoms with Crippen LogP contribution in [0.4, 0.5) is 5.69 Å². The third kappa shape index (κ3) is 3.58. The van der Waals surface area contributed by atoms with Crippen molar-refractivity contribution in [1.82, 2.24) is 0 Å². The van der Waals surface area contributed by atoms with E-state index in [0.717, 1.165) is 23.1 Å². The van der Waals surface area contributed by atoms with Gasteiger partial charge in [0.15, 0.2) is 6.10 Å². The molecule has 150 valence electrons. The first kappa shape index (κ1) is 19.1. The second-order valence-electron chi connectivity index (χ2n) is 7.32. The minimum Gasteiger partial charge on any atom is -0.497 e. The number of amides is 1. The number of fused-ring (bicyclic) bond motifs is 2. The van der Waals surface area contributed by atoms with Gasteiger partial charge in [0.05, 0.1) is 19.8 Å². The lowest BCUT2D eigenvalue weighted by Crippen LogP contribution is -2.43. The maximum absolute atomic E-state index is 13.0. The van der Waals surface area contributed by atoms with E-state index in [9.17, 15) is 9.59 Å². The lowest BCUT2D eigenvalue weighted by atomic mass is 10.1. The number of hydrogen-bond donors (Lipinski definition) is 0. The summed E-state index contributed by atoms with van der Waals surface area (Å²) in [6.45, 7) is 3.62. The van der Waals surface area contributed by atoms with Crippen molar-refractivity contribution in [3.05, 3.63) is 59.9 Å². The lowest BCUT2D eigenvalue weighted by Gasteiger charge is -2.25. The molecule has 0 aliphatic carbocycles. The molecule has 2 heterocycles. The van der Waals surface area contributed by atoms with Crippen molar-refractivity contribution in [2.24, 2.45) is 0 Å². The van der Waals surface area contributed by atoms with Crippen molar-refractivity contribution in [2.45, 2.75) is 38.8 Å². The Kier molecular flexibility index (Phi) is 5.01. The van der Waals surface area contributed by atoms with E-state index >= 15 is 0 Å². The molecule has 0 unspecified atom stereocenters. The zero-order valence-corrected chi connectivity index (χ0v) is 16.7. The standard InChI is InChI=1S/C23H23NO5/c1-14-10-16-6-4-5-7-20(16)24(14)23(26)15(2)29-22(25)11-17-13-28-21-12-18(27-3)8-9-19(17)21/h4-9,12-15H,10-11H2,1-3H3/t14-,15+/m1/s1.